The number of fused-ring (bicyclic) bond motifs is 1. The molecule has 0 radical (unpaired) electrons. The standard InChI is InChI=1S/C29H30F3N3O5S/c1-2-18-14-19(11-12-34(18)28-33-22-10-9-17(27(36)37)13-24(22)41-28)39-15-21-25(16-7-8-16)35(38)26(21)20-5-3-4-6-23(20)40-29(30,31)32/h3-6,9-10,16-19H,2,7-8,11-15H2,1H3,(H,36,37). The van der Waals surface area contributed by atoms with Gasteiger partial charge in [-0.25, -0.2) is 4.98 Å². The number of ether oxygens (including phenoxy) is 2. The molecule has 1 N–H and O–H groups in total. The van der Waals surface area contributed by atoms with Gasteiger partial charge in [-0.2, -0.15) is 4.74 Å². The predicted octanol–water partition coefficient (Wildman–Crippen LogP) is 5.75. The summed E-state index contributed by atoms with van der Waals surface area (Å²) >= 11 is 1.54. The quantitative estimate of drug-likeness (QED) is 0.294. The number of alkyl halides is 3. The lowest BCUT2D eigenvalue weighted by Crippen LogP contribution is -2.45. The first-order chi connectivity index (χ1) is 19.6. The van der Waals surface area contributed by atoms with Gasteiger partial charge in [0.25, 0.3) is 0 Å². The second-order valence-corrected chi connectivity index (χ2v) is 11.9. The Bertz CT molecular complexity index is 1450. The van der Waals surface area contributed by atoms with Crippen molar-refractivity contribution >= 4 is 34.2 Å². The van der Waals surface area contributed by atoms with Gasteiger partial charge < -0.3 is 24.7 Å². The maximum atomic E-state index is 13.1. The monoisotopic (exact) mass is 589 g/mol. The third-order valence-electron chi connectivity index (χ3n) is 8.12. The first kappa shape index (κ1) is 27.8. The van der Waals surface area contributed by atoms with Gasteiger partial charge in [0.15, 0.2) is 5.13 Å². The van der Waals surface area contributed by atoms with E-state index in [-0.39, 0.29) is 35.9 Å². The van der Waals surface area contributed by atoms with Crippen LogP contribution < -0.4 is 9.64 Å². The molecule has 2 aromatic rings. The van der Waals surface area contributed by atoms with Gasteiger partial charge in [-0.15, -0.1) is 24.5 Å². The zero-order valence-corrected chi connectivity index (χ0v) is 23.2. The summed E-state index contributed by atoms with van der Waals surface area (Å²) in [5, 5.41) is 23.3. The molecule has 2 aliphatic carbocycles. The maximum absolute atomic E-state index is 13.1. The molecule has 6 rings (SSSR count). The molecule has 41 heavy (non-hydrogen) atoms. The van der Waals surface area contributed by atoms with E-state index in [1.165, 1.54) is 18.2 Å². The van der Waals surface area contributed by atoms with Gasteiger partial charge in [0.2, 0.25) is 11.4 Å². The van der Waals surface area contributed by atoms with Crippen molar-refractivity contribution in [3.8, 4) is 5.75 Å². The lowest BCUT2D eigenvalue weighted by molar-refractivity contribution is -0.422. The number of aromatic nitrogens is 1. The number of hydrogen-bond acceptors (Lipinski definition) is 7. The Morgan fingerprint density at radius 2 is 2.05 bits per heavy atom. The minimum absolute atomic E-state index is 0.0846. The highest BCUT2D eigenvalue weighted by atomic mass is 32.1. The number of hydroxylamine groups is 1. The Morgan fingerprint density at radius 1 is 1.27 bits per heavy atom. The molecule has 0 spiro atoms. The summed E-state index contributed by atoms with van der Waals surface area (Å²) in [4.78, 5) is 19.5. The zero-order valence-electron chi connectivity index (χ0n) is 22.4. The zero-order chi connectivity index (χ0) is 28.9. The fourth-order valence-corrected chi connectivity index (χ4v) is 7.10. The lowest BCUT2D eigenvalue weighted by Gasteiger charge is -2.39. The second kappa shape index (κ2) is 10.8. The minimum atomic E-state index is -4.87. The number of aliphatic carboxylic acids is 1. The number of para-hydroxylation sites is 1. The van der Waals surface area contributed by atoms with Crippen LogP contribution in [0.15, 0.2) is 41.6 Å². The second-order valence-electron chi connectivity index (χ2n) is 10.9. The maximum Gasteiger partial charge on any atom is 0.573 e. The normalized spacial score (nSPS) is 24.4. The summed E-state index contributed by atoms with van der Waals surface area (Å²) in [6.07, 6.45) is 3.06. The average molecular weight is 590 g/mol. The number of benzene rings is 1. The topological polar surface area (TPSA) is 98.0 Å². The minimum Gasteiger partial charge on any atom is -0.618 e. The molecular formula is C29H30F3N3O5S. The van der Waals surface area contributed by atoms with Crippen LogP contribution in [0.25, 0.3) is 6.08 Å². The first-order valence-electron chi connectivity index (χ1n) is 13.8. The number of allylic oxidation sites excluding steroid dienone is 1. The van der Waals surface area contributed by atoms with E-state index in [1.807, 2.05) is 0 Å². The van der Waals surface area contributed by atoms with E-state index in [2.05, 4.69) is 16.6 Å². The van der Waals surface area contributed by atoms with E-state index in [1.54, 1.807) is 29.6 Å². The molecule has 1 saturated carbocycles. The number of carboxylic acid groups (broad SMARTS) is 1. The third kappa shape index (κ3) is 5.59. The van der Waals surface area contributed by atoms with Crippen LogP contribution in [0.5, 0.6) is 5.75 Å². The highest BCUT2D eigenvalue weighted by Crippen LogP contribution is 2.44. The molecule has 2 fully saturated rings. The number of thiazole rings is 1. The fourth-order valence-electron chi connectivity index (χ4n) is 5.89. The largest absolute Gasteiger partial charge is 0.618 e. The van der Waals surface area contributed by atoms with Gasteiger partial charge in [-0.3, -0.25) is 4.79 Å². The Kier molecular flexibility index (Phi) is 7.31. The van der Waals surface area contributed by atoms with Crippen LogP contribution in [-0.4, -0.2) is 58.2 Å². The van der Waals surface area contributed by atoms with E-state index >= 15 is 0 Å². The fraction of sp³-hybridized carbons (Fsp3) is 0.483. The van der Waals surface area contributed by atoms with Crippen molar-refractivity contribution in [1.82, 2.24) is 4.98 Å². The number of carboxylic acids is 1. The first-order valence-corrected chi connectivity index (χ1v) is 14.7. The van der Waals surface area contributed by atoms with Crippen LogP contribution in [0.1, 0.15) is 55.2 Å². The molecule has 3 unspecified atom stereocenters. The number of piperidine rings is 1. The molecule has 0 bridgehead atoms. The number of carbonyl (C=O) groups is 1. The third-order valence-corrected chi connectivity index (χ3v) is 9.25. The van der Waals surface area contributed by atoms with E-state index in [9.17, 15) is 28.3 Å². The number of hydrogen-bond donors (Lipinski definition) is 1. The number of nitrogens with zero attached hydrogens (tertiary/aromatic N) is 3. The number of halogens is 3. The van der Waals surface area contributed by atoms with Gasteiger partial charge in [0.1, 0.15) is 11.3 Å². The van der Waals surface area contributed by atoms with Gasteiger partial charge in [0.05, 0.1) is 29.9 Å². The molecule has 8 nitrogen and oxygen atoms in total. The molecule has 1 aromatic carbocycles. The van der Waals surface area contributed by atoms with Gasteiger partial charge in [-0.05, 0) is 50.3 Å². The Labute approximate surface area is 239 Å². The van der Waals surface area contributed by atoms with Crippen LogP contribution in [0.2, 0.25) is 0 Å². The van der Waals surface area contributed by atoms with Gasteiger partial charge in [-0.1, -0.05) is 25.1 Å². The Morgan fingerprint density at radius 3 is 2.76 bits per heavy atom. The molecule has 3 atom stereocenters. The van der Waals surface area contributed by atoms with Crippen molar-refractivity contribution in [2.45, 2.75) is 64.0 Å². The summed E-state index contributed by atoms with van der Waals surface area (Å²) in [5.74, 6) is -1.66. The van der Waals surface area contributed by atoms with Crippen LogP contribution >= 0.6 is 11.3 Å². The molecule has 2 aliphatic heterocycles. The summed E-state index contributed by atoms with van der Waals surface area (Å²) in [7, 11) is 0. The van der Waals surface area contributed by atoms with Crippen LogP contribution in [0.4, 0.5) is 18.3 Å². The van der Waals surface area contributed by atoms with E-state index < -0.39 is 24.0 Å². The van der Waals surface area contributed by atoms with Crippen LogP contribution in [0.3, 0.4) is 0 Å². The summed E-state index contributed by atoms with van der Waals surface area (Å²) in [6.45, 7) is 2.96. The van der Waals surface area contributed by atoms with E-state index in [0.717, 1.165) is 52.5 Å². The Hall–Kier alpha value is -3.38. The van der Waals surface area contributed by atoms with Crippen molar-refractivity contribution in [3.63, 3.8) is 0 Å². The molecule has 0 amide bonds. The van der Waals surface area contributed by atoms with Crippen molar-refractivity contribution in [2.24, 2.45) is 11.8 Å². The SMILES string of the molecule is CCC1CC(OCC2=C(C3CC3)[N+]([O-])=C2c2ccccc2OC(F)(F)F)CCN1c1nc2c(s1)CC(C(=O)O)C=C2. The highest BCUT2D eigenvalue weighted by Gasteiger charge is 2.47. The van der Waals surface area contributed by atoms with E-state index in [0.29, 0.717) is 24.2 Å². The van der Waals surface area contributed by atoms with Crippen molar-refractivity contribution in [3.05, 3.63) is 63.0 Å². The number of anilines is 1. The van der Waals surface area contributed by atoms with Crippen LogP contribution in [-0.2, 0) is 16.0 Å². The molecular weight excluding hydrogens is 559 g/mol. The average Bonchev–Trinajstić information content (AvgIpc) is 3.66. The molecule has 3 heterocycles. The summed E-state index contributed by atoms with van der Waals surface area (Å²) in [6, 6.07) is 5.88. The molecule has 1 aromatic heterocycles. The number of rotatable bonds is 9. The lowest BCUT2D eigenvalue weighted by atomic mass is 9.92. The molecule has 12 heteroatoms. The van der Waals surface area contributed by atoms with Gasteiger partial charge in [0, 0.05) is 29.8 Å². The van der Waals surface area contributed by atoms with Crippen LogP contribution in [0, 0.1) is 17.0 Å². The predicted molar refractivity (Wildman–Crippen MR) is 147 cm³/mol. The van der Waals surface area contributed by atoms with Crippen molar-refractivity contribution in [2.75, 3.05) is 18.1 Å². The summed E-state index contributed by atoms with van der Waals surface area (Å²) < 4.78 is 50.5. The van der Waals surface area contributed by atoms with Gasteiger partial charge >= 0.3 is 12.3 Å². The Balaban J connectivity index is 1.14. The van der Waals surface area contributed by atoms with E-state index in [4.69, 9.17) is 9.72 Å². The highest BCUT2D eigenvalue weighted by molar-refractivity contribution is 7.15. The van der Waals surface area contributed by atoms with Crippen molar-refractivity contribution < 1.29 is 37.3 Å². The molecule has 4 aliphatic rings. The molecule has 1 saturated heterocycles. The molecule has 218 valence electrons. The summed E-state index contributed by atoms with van der Waals surface area (Å²) in [5.41, 5.74) is 2.38. The van der Waals surface area contributed by atoms with Crippen molar-refractivity contribution in [1.29, 1.82) is 0 Å². The smallest absolute Gasteiger partial charge is 0.573 e.